The summed E-state index contributed by atoms with van der Waals surface area (Å²) in [5.74, 6) is -0.145. The van der Waals surface area contributed by atoms with E-state index in [1.807, 2.05) is 21.9 Å². The van der Waals surface area contributed by atoms with Crippen LogP contribution in [0.25, 0.3) is 0 Å². The number of hydrogen-bond donors (Lipinski definition) is 4. The molecule has 0 radical (unpaired) electrons. The fourth-order valence-corrected chi connectivity index (χ4v) is 15.2. The number of anilines is 2. The molecule has 10 rings (SSSR count). The number of hydrogen-bond acceptors (Lipinski definition) is 12. The van der Waals surface area contributed by atoms with E-state index in [0.717, 1.165) is 125 Å². The molecule has 4 N–H and O–H groups in total. The summed E-state index contributed by atoms with van der Waals surface area (Å²) in [5, 5.41) is 7.30. The fourth-order valence-electron chi connectivity index (χ4n) is 15.2. The Hall–Kier alpha value is -6.16. The van der Waals surface area contributed by atoms with E-state index in [2.05, 4.69) is 105 Å². The minimum atomic E-state index is -0.427. The molecule has 502 valence electrons. The molecule has 2 aromatic heterocycles. The van der Waals surface area contributed by atoms with Gasteiger partial charge in [-0.05, 0) is 88.1 Å². The Kier molecular flexibility index (Phi) is 22.8. The number of rotatable bonds is 25. The number of pyridine rings is 2. The van der Waals surface area contributed by atoms with Crippen molar-refractivity contribution in [2.75, 3.05) is 115 Å². The van der Waals surface area contributed by atoms with Gasteiger partial charge in [0.2, 0.25) is 23.6 Å². The van der Waals surface area contributed by atoms with Gasteiger partial charge in [-0.15, -0.1) is 0 Å². The van der Waals surface area contributed by atoms with Crippen LogP contribution in [0, 0.1) is 11.6 Å². The number of benzene rings is 2. The molecule has 92 heavy (non-hydrogen) atoms. The second-order valence-electron chi connectivity index (χ2n) is 29.3. The molecule has 4 saturated heterocycles. The molecule has 2 aromatic carbocycles. The van der Waals surface area contributed by atoms with Crippen molar-refractivity contribution in [1.82, 2.24) is 50.0 Å². The van der Waals surface area contributed by atoms with E-state index in [1.165, 1.54) is 49.9 Å². The van der Waals surface area contributed by atoms with Gasteiger partial charge in [0.15, 0.2) is 0 Å². The molecule has 8 heterocycles. The third kappa shape index (κ3) is 17.2. The number of amides is 4. The summed E-state index contributed by atoms with van der Waals surface area (Å²) in [7, 11) is 0. The van der Waals surface area contributed by atoms with Gasteiger partial charge < -0.3 is 40.2 Å². The molecule has 0 unspecified atom stereocenters. The largest absolute Gasteiger partial charge is 0.340 e. The maximum absolute atomic E-state index is 14.3. The standard InChI is InChI=1S/C72H104F2N12O6/c1-49-39-83(45-65(89)85-47-71(5,6)67-61(85)35-55(69(91)77-67)33-53-21-25-57(73)26-22-53)59(37-75-49)43-79-29-31-81(41-51(79)3)63(87)19-17-15-13-11-9-10-12-14-16-18-20-64(88)82-32-30-80(52(4)42-82)44-60-38-76-50(2)40-84(60)46-66(90)86-48-72(7,8)68-62(86)36-56(70(92)78-68)34-54-23-27-58(74)28-24-54/h21-28,35-36,49-52,59-60,75-76H,9-20,29-34,37-48H2,1-8H3,(H,77,91)(H,78,92)/t49-,50-,51-,52-,59-,60-/m1/s1. The highest BCUT2D eigenvalue weighted by atomic mass is 19.1. The van der Waals surface area contributed by atoms with Crippen molar-refractivity contribution < 1.29 is 28.0 Å². The molecule has 0 saturated carbocycles. The van der Waals surface area contributed by atoms with Gasteiger partial charge in [-0.2, -0.15) is 0 Å². The number of aromatic amines is 2. The van der Waals surface area contributed by atoms with Crippen LogP contribution >= 0.6 is 0 Å². The van der Waals surface area contributed by atoms with Crippen molar-refractivity contribution in [1.29, 1.82) is 0 Å². The first-order chi connectivity index (χ1) is 44.0. The molecule has 6 aliphatic heterocycles. The van der Waals surface area contributed by atoms with Crippen molar-refractivity contribution in [3.05, 3.63) is 127 Å². The van der Waals surface area contributed by atoms with Crippen LogP contribution in [0.15, 0.2) is 70.3 Å². The van der Waals surface area contributed by atoms with E-state index in [1.54, 1.807) is 24.3 Å². The van der Waals surface area contributed by atoms with Crippen LogP contribution in [0.4, 0.5) is 20.2 Å². The topological polar surface area (TPSA) is 184 Å². The Morgan fingerprint density at radius 3 is 1.20 bits per heavy atom. The molecule has 0 aliphatic carbocycles. The highest BCUT2D eigenvalue weighted by Gasteiger charge is 2.44. The number of carbonyl (C=O) groups is 4. The SMILES string of the molecule is C[C@@H]1CN(CC(=O)N2CC(C)(C)c3[nH]c(=O)c(Cc4ccc(F)cc4)cc32)[C@@H](CN2CCN(C(=O)CCCCCCCCCCCCC(=O)N3CCN(C[C@H]4CN[C@H](C)CN4CC(=O)N4CC(C)(C)c5[nH]c(=O)c(Cc6ccc(F)cc6)cc54)[C@H](C)C3)C[C@H]2C)CN1. The predicted octanol–water partition coefficient (Wildman–Crippen LogP) is 7.54. The molecule has 6 atom stereocenters. The quantitative estimate of drug-likeness (QED) is 0.0479. The van der Waals surface area contributed by atoms with Crippen LogP contribution in [0.2, 0.25) is 0 Å². The van der Waals surface area contributed by atoms with Crippen molar-refractivity contribution in [3.8, 4) is 0 Å². The Morgan fingerprint density at radius 2 is 0.837 bits per heavy atom. The van der Waals surface area contributed by atoms with Gasteiger partial charge in [0, 0.05) is 187 Å². The van der Waals surface area contributed by atoms with Gasteiger partial charge in [0.25, 0.3) is 11.1 Å². The van der Waals surface area contributed by atoms with E-state index in [9.17, 15) is 37.5 Å². The molecule has 0 bridgehead atoms. The van der Waals surface area contributed by atoms with Crippen LogP contribution in [0.3, 0.4) is 0 Å². The first kappa shape index (κ1) is 68.7. The molecule has 18 nitrogen and oxygen atoms in total. The Balaban J connectivity index is 0.574. The fraction of sp³-hybridized carbons (Fsp3) is 0.639. The van der Waals surface area contributed by atoms with E-state index >= 15 is 0 Å². The van der Waals surface area contributed by atoms with E-state index < -0.39 is 10.8 Å². The van der Waals surface area contributed by atoms with Crippen LogP contribution in [0.1, 0.15) is 166 Å². The summed E-state index contributed by atoms with van der Waals surface area (Å²) in [6.45, 7) is 27.5. The van der Waals surface area contributed by atoms with E-state index in [0.29, 0.717) is 76.1 Å². The minimum absolute atomic E-state index is 0.00615. The number of piperazine rings is 4. The normalized spacial score (nSPS) is 23.7. The van der Waals surface area contributed by atoms with Crippen LogP contribution in [-0.2, 0) is 42.8 Å². The summed E-state index contributed by atoms with van der Waals surface area (Å²) >= 11 is 0. The van der Waals surface area contributed by atoms with E-state index in [-0.39, 0.29) is 95.7 Å². The minimum Gasteiger partial charge on any atom is -0.340 e. The van der Waals surface area contributed by atoms with Gasteiger partial charge in [0.1, 0.15) is 11.6 Å². The lowest BCUT2D eigenvalue weighted by Gasteiger charge is -2.45. The lowest BCUT2D eigenvalue weighted by atomic mass is 9.91. The third-order valence-corrected chi connectivity index (χ3v) is 20.7. The first-order valence-electron chi connectivity index (χ1n) is 34.6. The number of unbranched alkanes of at least 4 members (excludes halogenated alkanes) is 9. The van der Waals surface area contributed by atoms with Gasteiger partial charge in [0.05, 0.1) is 24.5 Å². The van der Waals surface area contributed by atoms with Gasteiger partial charge in [-0.3, -0.25) is 48.4 Å². The molecule has 20 heteroatoms. The monoisotopic (exact) mass is 1270 g/mol. The number of aromatic nitrogens is 2. The number of fused-ring (bicyclic) bond motifs is 2. The lowest BCUT2D eigenvalue weighted by Crippen LogP contribution is -2.63. The molecule has 6 aliphatic rings. The summed E-state index contributed by atoms with van der Waals surface area (Å²) in [6, 6.07) is 17.1. The lowest BCUT2D eigenvalue weighted by molar-refractivity contribution is -0.135. The Bertz CT molecular complexity index is 3100. The average molecular weight is 1270 g/mol. The number of H-pyrrole nitrogens is 2. The zero-order chi connectivity index (χ0) is 65.4. The zero-order valence-corrected chi connectivity index (χ0v) is 56.2. The van der Waals surface area contributed by atoms with Crippen molar-refractivity contribution in [2.24, 2.45) is 0 Å². The number of halogens is 2. The average Bonchev–Trinajstić information content (AvgIpc) is 1.61. The third-order valence-electron chi connectivity index (χ3n) is 20.7. The summed E-state index contributed by atoms with van der Waals surface area (Å²) in [6.07, 6.45) is 12.8. The molecule has 0 spiro atoms. The molecule has 4 aromatic rings. The van der Waals surface area contributed by atoms with Gasteiger partial charge >= 0.3 is 0 Å². The summed E-state index contributed by atoms with van der Waals surface area (Å²) < 4.78 is 27.3. The number of nitrogens with zero attached hydrogens (tertiary/aromatic N) is 8. The summed E-state index contributed by atoms with van der Waals surface area (Å²) in [4.78, 5) is 106. The molecular formula is C72H104F2N12O6. The van der Waals surface area contributed by atoms with Crippen LogP contribution in [-0.4, -0.2) is 204 Å². The second-order valence-corrected chi connectivity index (χ2v) is 29.3. The maximum Gasteiger partial charge on any atom is 0.251 e. The smallest absolute Gasteiger partial charge is 0.251 e. The zero-order valence-electron chi connectivity index (χ0n) is 56.2. The highest BCUT2D eigenvalue weighted by molar-refractivity contribution is 5.98. The van der Waals surface area contributed by atoms with E-state index in [4.69, 9.17) is 0 Å². The number of nitrogens with one attached hydrogen (secondary N) is 4. The molecule has 4 fully saturated rings. The highest BCUT2D eigenvalue weighted by Crippen LogP contribution is 2.41. The summed E-state index contributed by atoms with van der Waals surface area (Å²) in [5.41, 5.74) is 4.52. The predicted molar refractivity (Wildman–Crippen MR) is 360 cm³/mol. The Labute approximate surface area is 544 Å². The van der Waals surface area contributed by atoms with Crippen LogP contribution in [0.5, 0.6) is 0 Å². The van der Waals surface area contributed by atoms with Crippen molar-refractivity contribution in [2.45, 2.75) is 192 Å². The first-order valence-corrected chi connectivity index (χ1v) is 34.6. The van der Waals surface area contributed by atoms with Gasteiger partial charge in [-0.25, -0.2) is 8.78 Å². The van der Waals surface area contributed by atoms with Crippen LogP contribution < -0.4 is 31.6 Å². The maximum atomic E-state index is 14.3. The molecular weight excluding hydrogens is 1170 g/mol. The second kappa shape index (κ2) is 30.5. The number of carbonyl (C=O) groups excluding carboxylic acids is 4. The van der Waals surface area contributed by atoms with Crippen molar-refractivity contribution >= 4 is 35.0 Å². The molecule has 4 amide bonds. The Morgan fingerprint density at radius 1 is 0.478 bits per heavy atom. The van der Waals surface area contributed by atoms with Crippen molar-refractivity contribution in [3.63, 3.8) is 0 Å². The van der Waals surface area contributed by atoms with Gasteiger partial charge in [-0.1, -0.05) is 103 Å².